The maximum atomic E-state index is 14.0. The van der Waals surface area contributed by atoms with Crippen LogP contribution in [0.3, 0.4) is 0 Å². The summed E-state index contributed by atoms with van der Waals surface area (Å²) in [6.07, 6.45) is 3.80. The fourth-order valence-electron chi connectivity index (χ4n) is 5.62. The van der Waals surface area contributed by atoms with E-state index in [0.29, 0.717) is 22.5 Å². The zero-order valence-corrected chi connectivity index (χ0v) is 24.1. The van der Waals surface area contributed by atoms with Crippen molar-refractivity contribution < 1.29 is 9.59 Å². The number of carbonyl (C=O) groups excluding carboxylic acids is 2. The average molecular weight is 552 g/mol. The van der Waals surface area contributed by atoms with Crippen LogP contribution in [-0.4, -0.2) is 56.6 Å². The van der Waals surface area contributed by atoms with Crippen molar-refractivity contribution >= 4 is 30.0 Å². The summed E-state index contributed by atoms with van der Waals surface area (Å²) in [6, 6.07) is 15.3. The molecule has 0 bridgehead atoms. The van der Waals surface area contributed by atoms with E-state index >= 15 is 0 Å². The number of carbonyl (C=O) groups is 2. The molecule has 39 heavy (non-hydrogen) atoms. The molecule has 2 heterocycles. The molecule has 3 aromatic rings. The minimum absolute atomic E-state index is 0.0313. The molecule has 9 nitrogen and oxygen atoms in total. The Balaban J connectivity index is 0.00000100. The molecule has 1 atom stereocenters. The number of benzene rings is 2. The third kappa shape index (κ3) is 6.25. The van der Waals surface area contributed by atoms with Gasteiger partial charge in [-0.3, -0.25) is 9.79 Å². The summed E-state index contributed by atoms with van der Waals surface area (Å²) < 4.78 is 0. The molecule has 1 aliphatic carbocycles. The summed E-state index contributed by atoms with van der Waals surface area (Å²) in [5.41, 5.74) is 7.41. The van der Waals surface area contributed by atoms with E-state index in [9.17, 15) is 4.79 Å². The summed E-state index contributed by atoms with van der Waals surface area (Å²) in [5, 5.41) is 14.8. The third-order valence-corrected chi connectivity index (χ3v) is 7.92. The normalized spacial score (nSPS) is 21.4. The van der Waals surface area contributed by atoms with E-state index in [1.807, 2.05) is 60.2 Å². The van der Waals surface area contributed by atoms with Gasteiger partial charge in [0.25, 0.3) is 5.91 Å². The highest BCUT2D eigenvalue weighted by Gasteiger charge is 2.51. The first-order chi connectivity index (χ1) is 18.7. The minimum Gasteiger partial charge on any atom is -0.333 e. The van der Waals surface area contributed by atoms with E-state index in [-0.39, 0.29) is 17.4 Å². The van der Waals surface area contributed by atoms with E-state index in [4.69, 9.17) is 21.4 Å². The lowest BCUT2D eigenvalue weighted by Gasteiger charge is -2.46. The van der Waals surface area contributed by atoms with Crippen LogP contribution >= 0.6 is 11.6 Å². The number of hydrogen-bond donors (Lipinski definition) is 2. The van der Waals surface area contributed by atoms with Crippen molar-refractivity contribution in [1.82, 2.24) is 25.5 Å². The number of aromatic nitrogens is 4. The molecule has 2 aliphatic rings. The Morgan fingerprint density at radius 2 is 1.72 bits per heavy atom. The van der Waals surface area contributed by atoms with Crippen LogP contribution in [0.15, 0.2) is 53.5 Å². The molecule has 1 unspecified atom stereocenters. The van der Waals surface area contributed by atoms with Crippen molar-refractivity contribution in [2.75, 3.05) is 7.05 Å². The summed E-state index contributed by atoms with van der Waals surface area (Å²) in [6.45, 7) is 11.0. The lowest BCUT2D eigenvalue weighted by atomic mass is 9.69. The lowest BCUT2D eigenvalue weighted by Crippen LogP contribution is -2.50. The van der Waals surface area contributed by atoms with Gasteiger partial charge in [0.2, 0.25) is 5.82 Å². The van der Waals surface area contributed by atoms with E-state index in [2.05, 4.69) is 54.1 Å². The number of aromatic amines is 1. The van der Waals surface area contributed by atoms with Crippen molar-refractivity contribution in [2.24, 2.45) is 22.1 Å². The van der Waals surface area contributed by atoms with Gasteiger partial charge in [-0.15, -0.1) is 10.2 Å². The fourth-order valence-corrected chi connectivity index (χ4v) is 5.81. The number of aliphatic imine (C=N–C) groups is 1. The van der Waals surface area contributed by atoms with Crippen molar-refractivity contribution in [3.63, 3.8) is 0 Å². The highest BCUT2D eigenvalue weighted by atomic mass is 35.5. The molecule has 208 valence electrons. The van der Waals surface area contributed by atoms with E-state index < -0.39 is 5.66 Å². The zero-order chi connectivity index (χ0) is 28.8. The number of halogens is 1. The van der Waals surface area contributed by atoms with Crippen LogP contribution in [0.1, 0.15) is 70.5 Å². The Kier molecular flexibility index (Phi) is 9.74. The van der Waals surface area contributed by atoms with E-state index in [1.165, 1.54) is 7.05 Å². The number of hydrogen-bond acceptors (Lipinski definition) is 7. The molecule has 1 saturated carbocycles. The molecule has 0 radical (unpaired) electrons. The first-order valence-corrected chi connectivity index (χ1v) is 13.5. The van der Waals surface area contributed by atoms with Gasteiger partial charge in [0.05, 0.1) is 6.04 Å². The molecule has 5 rings (SSSR count). The van der Waals surface area contributed by atoms with Gasteiger partial charge in [-0.2, -0.15) is 5.21 Å². The topological polar surface area (TPSA) is 130 Å². The molecule has 0 saturated heterocycles. The van der Waals surface area contributed by atoms with Crippen LogP contribution in [0.2, 0.25) is 5.02 Å². The Labute approximate surface area is 235 Å². The maximum Gasteiger partial charge on any atom is 0.275 e. The van der Waals surface area contributed by atoms with Crippen LogP contribution < -0.4 is 5.73 Å². The lowest BCUT2D eigenvalue weighted by molar-refractivity contribution is -0.132. The van der Waals surface area contributed by atoms with Gasteiger partial charge in [-0.25, -0.2) is 0 Å². The van der Waals surface area contributed by atoms with Gasteiger partial charge < -0.3 is 15.4 Å². The predicted octanol–water partition coefficient (Wildman–Crippen LogP) is 5.24. The van der Waals surface area contributed by atoms with Gasteiger partial charge in [0.1, 0.15) is 18.2 Å². The second kappa shape index (κ2) is 12.6. The molecule has 1 fully saturated rings. The van der Waals surface area contributed by atoms with E-state index in [0.717, 1.165) is 42.4 Å². The van der Waals surface area contributed by atoms with Gasteiger partial charge in [0, 0.05) is 16.1 Å². The summed E-state index contributed by atoms with van der Waals surface area (Å²) >= 11 is 6.27. The number of rotatable bonds is 4. The van der Waals surface area contributed by atoms with Gasteiger partial charge in [-0.1, -0.05) is 68.8 Å². The largest absolute Gasteiger partial charge is 0.333 e. The standard InChI is InChI=1S/C27H31ClN6O.CH5N.CH2O/c1-17(18-8-10-19(11-9-18)24-30-32-33-31-24)34-25(35)23(20-6-5-7-22(28)16-20)29-27(34)14-12-21(13-15-27)26(2,3)4;2*1-2/h5-11,16-17,21H,12-15H2,1-4H3,(H,30,31,32,33);2H2,1H3;1H2. The number of nitrogens with zero attached hydrogens (tertiary/aromatic N) is 5. The summed E-state index contributed by atoms with van der Waals surface area (Å²) in [7, 11) is 1.50. The molecular formula is C29H38ClN7O2. The summed E-state index contributed by atoms with van der Waals surface area (Å²) in [4.78, 5) is 29.2. The Hall–Kier alpha value is -3.43. The van der Waals surface area contributed by atoms with Crippen LogP contribution in [-0.2, 0) is 9.59 Å². The maximum absolute atomic E-state index is 14.0. The molecule has 2 aromatic carbocycles. The predicted molar refractivity (Wildman–Crippen MR) is 154 cm³/mol. The van der Waals surface area contributed by atoms with Gasteiger partial charge in [0.15, 0.2) is 0 Å². The smallest absolute Gasteiger partial charge is 0.275 e. The first-order valence-electron chi connectivity index (χ1n) is 13.1. The second-order valence-corrected chi connectivity index (χ2v) is 11.2. The quantitative estimate of drug-likeness (QED) is 0.456. The highest BCUT2D eigenvalue weighted by molar-refractivity contribution is 6.47. The van der Waals surface area contributed by atoms with Crippen LogP contribution in [0.4, 0.5) is 0 Å². The monoisotopic (exact) mass is 551 g/mol. The van der Waals surface area contributed by atoms with Crippen LogP contribution in [0.5, 0.6) is 0 Å². The van der Waals surface area contributed by atoms with Gasteiger partial charge in [-0.05, 0) is 73.9 Å². The number of nitrogens with one attached hydrogen (secondary N) is 1. The zero-order valence-electron chi connectivity index (χ0n) is 23.3. The second-order valence-electron chi connectivity index (χ2n) is 10.8. The molecule has 1 aromatic heterocycles. The molecule has 1 aliphatic heterocycles. The Morgan fingerprint density at radius 1 is 1.08 bits per heavy atom. The molecule has 10 heteroatoms. The van der Waals surface area contributed by atoms with E-state index in [1.54, 1.807) is 0 Å². The Bertz CT molecular complexity index is 1260. The fraction of sp³-hybridized carbons (Fsp3) is 0.448. The third-order valence-electron chi connectivity index (χ3n) is 7.68. The molecular weight excluding hydrogens is 514 g/mol. The SMILES string of the molecule is C=O.CC(c1ccc(-c2nn[nH]n2)cc1)N1C(=O)C(c2cccc(Cl)c2)=NC12CCC(C(C)(C)C)CC2.CN. The first kappa shape index (κ1) is 30.1. The summed E-state index contributed by atoms with van der Waals surface area (Å²) in [5.74, 6) is 1.13. The minimum atomic E-state index is -0.539. The van der Waals surface area contributed by atoms with Crippen molar-refractivity contribution in [2.45, 2.75) is 65.1 Å². The molecule has 1 amide bonds. The molecule has 1 spiro atoms. The highest BCUT2D eigenvalue weighted by Crippen LogP contribution is 2.49. The van der Waals surface area contributed by atoms with Crippen LogP contribution in [0.25, 0.3) is 11.4 Å². The number of nitrogens with two attached hydrogens (primary N) is 1. The average Bonchev–Trinajstić information content (AvgIpc) is 3.58. The molecule has 3 N–H and O–H groups in total. The van der Waals surface area contributed by atoms with Crippen LogP contribution in [0, 0.1) is 11.3 Å². The van der Waals surface area contributed by atoms with Crippen molar-refractivity contribution in [1.29, 1.82) is 0 Å². The van der Waals surface area contributed by atoms with Crippen molar-refractivity contribution in [3.8, 4) is 11.4 Å². The number of amides is 1. The number of H-pyrrole nitrogens is 1. The van der Waals surface area contributed by atoms with Gasteiger partial charge >= 0.3 is 0 Å². The number of tetrazole rings is 1. The Morgan fingerprint density at radius 3 is 2.26 bits per heavy atom. The van der Waals surface area contributed by atoms with Crippen molar-refractivity contribution in [3.05, 3.63) is 64.7 Å².